The van der Waals surface area contributed by atoms with Crippen LogP contribution in [0.2, 0.25) is 0 Å². The molecule has 0 spiro atoms. The zero-order chi connectivity index (χ0) is 13.5. The van der Waals surface area contributed by atoms with Crippen molar-refractivity contribution in [1.82, 2.24) is 0 Å². The van der Waals surface area contributed by atoms with E-state index >= 15 is 0 Å². The second kappa shape index (κ2) is 8.10. The largest absolute Gasteiger partial charge is 0.386 e. The van der Waals surface area contributed by atoms with Crippen LogP contribution in [0.1, 0.15) is 13.8 Å². The third-order valence-corrected chi connectivity index (χ3v) is 7.37. The van der Waals surface area contributed by atoms with E-state index in [1.807, 2.05) is 13.8 Å². The number of hydrogen-bond donors (Lipinski definition) is 1. The summed E-state index contributed by atoms with van der Waals surface area (Å²) in [7, 11) is 6.15. The molecule has 0 aromatic heterocycles. The topological polar surface area (TPSA) is 38.7 Å². The maximum atomic E-state index is 9.91. The molecule has 0 aliphatic rings. The fourth-order valence-electron chi connectivity index (χ4n) is 1.29. The van der Waals surface area contributed by atoms with Gasteiger partial charge in [-0.15, -0.1) is 0 Å². The highest BCUT2D eigenvalue weighted by molar-refractivity contribution is 8.67. The molecular weight excluding hydrogens is 277 g/mol. The smallest absolute Gasteiger partial charge is 0.247 e. The highest BCUT2D eigenvalue weighted by atomic mass is 32.9. The molecule has 0 aromatic carbocycles. The van der Waals surface area contributed by atoms with Crippen LogP contribution in [-0.2, 0) is 20.9 Å². The Balaban J connectivity index is 4.17. The van der Waals surface area contributed by atoms with E-state index in [1.165, 1.54) is 11.4 Å². The summed E-state index contributed by atoms with van der Waals surface area (Å²) in [6.07, 6.45) is -0.386. The van der Waals surface area contributed by atoms with E-state index in [0.29, 0.717) is 25.5 Å². The normalized spacial score (nSPS) is 14.9. The maximum Gasteiger partial charge on any atom is 0.247 e. The summed E-state index contributed by atoms with van der Waals surface area (Å²) in [5, 5.41) is 9.91. The van der Waals surface area contributed by atoms with Gasteiger partial charge in [0.15, 0.2) is 0 Å². The van der Waals surface area contributed by atoms with Crippen molar-refractivity contribution in [3.05, 3.63) is 0 Å². The van der Waals surface area contributed by atoms with Gasteiger partial charge < -0.3 is 18.6 Å². The lowest BCUT2D eigenvalue weighted by molar-refractivity contribution is -0.873. The molecule has 0 aliphatic carbocycles. The predicted octanol–water partition coefficient (Wildman–Crippen LogP) is 2.08. The molecule has 1 atom stereocenters. The number of aliphatic hydroxyl groups excluding tert-OH is 1. The van der Waals surface area contributed by atoms with Gasteiger partial charge in [-0.2, -0.15) is 0 Å². The Bertz CT molecular complexity index is 248. The van der Waals surface area contributed by atoms with Crippen LogP contribution >= 0.6 is 17.1 Å². The van der Waals surface area contributed by atoms with E-state index in [1.54, 1.807) is 0 Å². The number of quaternary nitrogens is 1. The van der Waals surface area contributed by atoms with Crippen molar-refractivity contribution in [2.45, 2.75) is 20.0 Å². The Morgan fingerprint density at radius 1 is 1.24 bits per heavy atom. The summed E-state index contributed by atoms with van der Waals surface area (Å²) in [4.78, 5) is 0. The standard InChI is InChI=1S/C10H25NO3PS2/c1-6-13-15(16,14-7-2)17-9-10(12)8-11(3,4)5/h10,12H,6-9H2,1-5H3/q+1. The summed E-state index contributed by atoms with van der Waals surface area (Å²) in [6.45, 7) is 5.61. The molecule has 104 valence electrons. The minimum Gasteiger partial charge on any atom is -0.386 e. The quantitative estimate of drug-likeness (QED) is 0.521. The molecule has 4 nitrogen and oxygen atoms in total. The van der Waals surface area contributed by atoms with E-state index < -0.39 is 5.69 Å². The Labute approximate surface area is 114 Å². The van der Waals surface area contributed by atoms with Gasteiger partial charge in [0.05, 0.1) is 34.4 Å². The Kier molecular flexibility index (Phi) is 8.50. The van der Waals surface area contributed by atoms with Crippen LogP contribution in [0.25, 0.3) is 0 Å². The second-order valence-electron chi connectivity index (χ2n) is 4.71. The lowest BCUT2D eigenvalue weighted by Crippen LogP contribution is -2.42. The summed E-state index contributed by atoms with van der Waals surface area (Å²) < 4.78 is 11.7. The Morgan fingerprint density at radius 3 is 2.06 bits per heavy atom. The van der Waals surface area contributed by atoms with Crippen molar-refractivity contribution in [2.75, 3.05) is 46.7 Å². The van der Waals surface area contributed by atoms with E-state index in [4.69, 9.17) is 20.9 Å². The van der Waals surface area contributed by atoms with E-state index in [9.17, 15) is 5.11 Å². The third kappa shape index (κ3) is 9.42. The number of nitrogens with zero attached hydrogens (tertiary/aromatic N) is 1. The average Bonchev–Trinajstić information content (AvgIpc) is 2.13. The predicted molar refractivity (Wildman–Crippen MR) is 78.9 cm³/mol. The first-order valence-corrected chi connectivity index (χ1v) is 9.97. The molecule has 0 amide bonds. The van der Waals surface area contributed by atoms with Crippen LogP contribution in [0, 0.1) is 0 Å². The first-order chi connectivity index (χ1) is 7.72. The summed E-state index contributed by atoms with van der Waals surface area (Å²) in [6, 6.07) is 0. The number of rotatable bonds is 9. The number of hydrogen-bond acceptors (Lipinski definition) is 5. The van der Waals surface area contributed by atoms with Crippen molar-refractivity contribution in [1.29, 1.82) is 0 Å². The molecule has 17 heavy (non-hydrogen) atoms. The van der Waals surface area contributed by atoms with Gasteiger partial charge >= 0.3 is 0 Å². The molecule has 0 radical (unpaired) electrons. The maximum absolute atomic E-state index is 9.91. The minimum atomic E-state index is -2.26. The van der Waals surface area contributed by atoms with Gasteiger partial charge in [0.1, 0.15) is 12.6 Å². The molecule has 0 saturated heterocycles. The van der Waals surface area contributed by atoms with Gasteiger partial charge in [0, 0.05) is 5.75 Å². The third-order valence-electron chi connectivity index (χ3n) is 1.76. The van der Waals surface area contributed by atoms with Crippen molar-refractivity contribution in [3.8, 4) is 0 Å². The molecule has 7 heteroatoms. The van der Waals surface area contributed by atoms with Gasteiger partial charge in [0.2, 0.25) is 5.69 Å². The van der Waals surface area contributed by atoms with Crippen molar-refractivity contribution < 1.29 is 18.6 Å². The monoisotopic (exact) mass is 302 g/mol. The first-order valence-electron chi connectivity index (χ1n) is 5.74. The Hall–Kier alpha value is 0.840. The average molecular weight is 302 g/mol. The summed E-state index contributed by atoms with van der Waals surface area (Å²) >= 11 is 6.82. The lowest BCUT2D eigenvalue weighted by Gasteiger charge is -2.27. The van der Waals surface area contributed by atoms with Crippen LogP contribution in [0.15, 0.2) is 0 Å². The van der Waals surface area contributed by atoms with Gasteiger partial charge in [-0.25, -0.2) is 0 Å². The zero-order valence-corrected chi connectivity index (χ0v) is 13.9. The van der Waals surface area contributed by atoms with Crippen LogP contribution in [0.3, 0.4) is 0 Å². The molecule has 0 aromatic rings. The molecule has 1 unspecified atom stereocenters. The van der Waals surface area contributed by atoms with Gasteiger partial charge in [0.25, 0.3) is 0 Å². The fourth-order valence-corrected chi connectivity index (χ4v) is 5.93. The van der Waals surface area contributed by atoms with E-state index in [2.05, 4.69) is 21.1 Å². The van der Waals surface area contributed by atoms with Crippen LogP contribution in [0.5, 0.6) is 0 Å². The number of likely N-dealkylation sites (N-methyl/N-ethyl adjacent to an activating group) is 1. The molecular formula is C10H25NO3PS2+. The first kappa shape index (κ1) is 17.8. The molecule has 0 aliphatic heterocycles. The minimum absolute atomic E-state index is 0.386. The van der Waals surface area contributed by atoms with Crippen molar-refractivity contribution in [2.24, 2.45) is 0 Å². The number of aliphatic hydroxyl groups is 1. The molecule has 0 saturated carbocycles. The molecule has 0 fully saturated rings. The van der Waals surface area contributed by atoms with Crippen LogP contribution in [-0.4, -0.2) is 62.3 Å². The Morgan fingerprint density at radius 2 is 1.71 bits per heavy atom. The van der Waals surface area contributed by atoms with E-state index in [0.717, 1.165) is 4.48 Å². The highest BCUT2D eigenvalue weighted by Crippen LogP contribution is 2.60. The van der Waals surface area contributed by atoms with Gasteiger partial charge in [-0.3, -0.25) is 0 Å². The van der Waals surface area contributed by atoms with E-state index in [-0.39, 0.29) is 6.10 Å². The fraction of sp³-hybridized carbons (Fsp3) is 1.00. The highest BCUT2D eigenvalue weighted by Gasteiger charge is 2.23. The lowest BCUT2D eigenvalue weighted by atomic mass is 10.3. The zero-order valence-electron chi connectivity index (χ0n) is 11.4. The SMILES string of the molecule is CCOP(=S)(OCC)SCC(O)C[N+](C)(C)C. The van der Waals surface area contributed by atoms with Crippen molar-refractivity contribution in [3.63, 3.8) is 0 Å². The summed E-state index contributed by atoms with van der Waals surface area (Å²) in [5.41, 5.74) is -2.26. The molecule has 0 rings (SSSR count). The second-order valence-corrected chi connectivity index (χ2v) is 11.1. The van der Waals surface area contributed by atoms with Crippen LogP contribution in [0.4, 0.5) is 0 Å². The summed E-state index contributed by atoms with van der Waals surface area (Å²) in [5.74, 6) is 0.562. The molecule has 0 heterocycles. The van der Waals surface area contributed by atoms with Gasteiger partial charge in [-0.1, -0.05) is 11.4 Å². The molecule has 0 bridgehead atoms. The van der Waals surface area contributed by atoms with Crippen LogP contribution < -0.4 is 0 Å². The van der Waals surface area contributed by atoms with Crippen molar-refractivity contribution >= 4 is 28.9 Å². The van der Waals surface area contributed by atoms with Gasteiger partial charge in [-0.05, 0) is 25.7 Å². The molecule has 1 N–H and O–H groups in total.